The molecule has 0 aromatic heterocycles. The van der Waals surface area contributed by atoms with Crippen LogP contribution in [-0.4, -0.2) is 19.3 Å². The van der Waals surface area contributed by atoms with E-state index in [9.17, 15) is 0 Å². The van der Waals surface area contributed by atoms with E-state index in [1.54, 1.807) is 7.11 Å². The van der Waals surface area contributed by atoms with Gasteiger partial charge >= 0.3 is 0 Å². The number of ether oxygens (including phenoxy) is 2. The monoisotopic (exact) mass is 257 g/mol. The van der Waals surface area contributed by atoms with Crippen LogP contribution < -0.4 is 15.2 Å². The van der Waals surface area contributed by atoms with Crippen LogP contribution >= 0.6 is 12.4 Å². The fraction of sp³-hybridized carbons (Fsp3) is 0.538. The normalized spacial score (nSPS) is 18.9. The topological polar surface area (TPSA) is 44.5 Å². The standard InChI is InChI=1S/C13H19NO2.ClH/c1-8(14)4-10-7-13-11(5-9(2)16-13)6-12(10)15-3;/h6-9H,4-5,14H2,1-3H3;1H. The molecule has 0 fully saturated rings. The van der Waals surface area contributed by atoms with Crippen LogP contribution in [0, 0.1) is 0 Å². The van der Waals surface area contributed by atoms with Crippen molar-refractivity contribution in [2.75, 3.05) is 7.11 Å². The van der Waals surface area contributed by atoms with Crippen LogP contribution in [0.1, 0.15) is 25.0 Å². The Labute approximate surface area is 109 Å². The molecule has 0 aliphatic carbocycles. The average Bonchev–Trinajstić information content (AvgIpc) is 2.55. The number of methoxy groups -OCH3 is 1. The molecule has 0 amide bonds. The summed E-state index contributed by atoms with van der Waals surface area (Å²) in [7, 11) is 1.70. The quantitative estimate of drug-likeness (QED) is 0.904. The molecule has 1 aromatic rings. The predicted molar refractivity (Wildman–Crippen MR) is 71.4 cm³/mol. The third-order valence-electron chi connectivity index (χ3n) is 2.84. The number of nitrogens with two attached hydrogens (primary N) is 1. The van der Waals surface area contributed by atoms with Gasteiger partial charge in [0, 0.05) is 18.0 Å². The van der Waals surface area contributed by atoms with Gasteiger partial charge in [-0.25, -0.2) is 0 Å². The number of benzene rings is 1. The van der Waals surface area contributed by atoms with Crippen LogP contribution in [0.2, 0.25) is 0 Å². The Bertz CT molecular complexity index is 393. The molecule has 1 heterocycles. The lowest BCUT2D eigenvalue weighted by Crippen LogP contribution is -2.18. The van der Waals surface area contributed by atoms with Crippen molar-refractivity contribution in [3.63, 3.8) is 0 Å². The molecule has 96 valence electrons. The SMILES string of the molecule is COc1cc2c(cc1CC(C)N)OC(C)C2.Cl. The molecular formula is C13H20ClNO2. The van der Waals surface area contributed by atoms with E-state index in [2.05, 4.69) is 19.1 Å². The predicted octanol–water partition coefficient (Wildman–Crippen LogP) is 2.33. The van der Waals surface area contributed by atoms with Crippen LogP contribution in [0.15, 0.2) is 12.1 Å². The van der Waals surface area contributed by atoms with Gasteiger partial charge in [-0.3, -0.25) is 0 Å². The zero-order valence-electron chi connectivity index (χ0n) is 10.5. The molecule has 2 rings (SSSR count). The molecule has 2 unspecified atom stereocenters. The molecule has 17 heavy (non-hydrogen) atoms. The third kappa shape index (κ3) is 3.05. The maximum Gasteiger partial charge on any atom is 0.123 e. The molecule has 1 aromatic carbocycles. The highest BCUT2D eigenvalue weighted by atomic mass is 35.5. The third-order valence-corrected chi connectivity index (χ3v) is 2.84. The van der Waals surface area contributed by atoms with Gasteiger partial charge in [-0.15, -0.1) is 12.4 Å². The summed E-state index contributed by atoms with van der Waals surface area (Å²) in [6.45, 7) is 4.08. The molecular weight excluding hydrogens is 238 g/mol. The van der Waals surface area contributed by atoms with Crippen LogP contribution in [0.3, 0.4) is 0 Å². The molecule has 1 aliphatic rings. The molecule has 2 atom stereocenters. The molecule has 0 bridgehead atoms. The van der Waals surface area contributed by atoms with Crippen molar-refractivity contribution in [1.29, 1.82) is 0 Å². The summed E-state index contributed by atoms with van der Waals surface area (Å²) in [5.74, 6) is 1.91. The Morgan fingerprint density at radius 1 is 1.53 bits per heavy atom. The molecule has 4 heteroatoms. The average molecular weight is 258 g/mol. The second-order valence-electron chi connectivity index (χ2n) is 4.59. The molecule has 0 saturated carbocycles. The van der Waals surface area contributed by atoms with Gasteiger partial charge in [0.25, 0.3) is 0 Å². The number of rotatable bonds is 3. The van der Waals surface area contributed by atoms with Gasteiger partial charge in [0.2, 0.25) is 0 Å². The van der Waals surface area contributed by atoms with Crippen molar-refractivity contribution in [3.05, 3.63) is 23.3 Å². The molecule has 0 saturated heterocycles. The second-order valence-corrected chi connectivity index (χ2v) is 4.59. The van der Waals surface area contributed by atoms with E-state index < -0.39 is 0 Å². The summed E-state index contributed by atoms with van der Waals surface area (Å²) in [6, 6.07) is 4.28. The maximum atomic E-state index is 5.82. The first kappa shape index (κ1) is 14.1. The lowest BCUT2D eigenvalue weighted by atomic mass is 10.0. The fourth-order valence-corrected chi connectivity index (χ4v) is 2.18. The van der Waals surface area contributed by atoms with Gasteiger partial charge in [-0.2, -0.15) is 0 Å². The summed E-state index contributed by atoms with van der Waals surface area (Å²) in [4.78, 5) is 0. The van der Waals surface area contributed by atoms with E-state index in [-0.39, 0.29) is 24.6 Å². The molecule has 0 radical (unpaired) electrons. The van der Waals surface area contributed by atoms with Crippen molar-refractivity contribution < 1.29 is 9.47 Å². The smallest absolute Gasteiger partial charge is 0.123 e. The van der Waals surface area contributed by atoms with E-state index in [0.717, 1.165) is 29.9 Å². The Hall–Kier alpha value is -0.930. The molecule has 0 spiro atoms. The number of fused-ring (bicyclic) bond motifs is 1. The molecule has 2 N–H and O–H groups in total. The van der Waals surface area contributed by atoms with Crippen LogP contribution in [0.5, 0.6) is 11.5 Å². The first-order chi connectivity index (χ1) is 7.60. The summed E-state index contributed by atoms with van der Waals surface area (Å²) >= 11 is 0. The Morgan fingerprint density at radius 2 is 2.24 bits per heavy atom. The summed E-state index contributed by atoms with van der Waals surface area (Å²) < 4.78 is 11.1. The minimum Gasteiger partial charge on any atom is -0.496 e. The van der Waals surface area contributed by atoms with Crippen LogP contribution in [-0.2, 0) is 12.8 Å². The zero-order valence-corrected chi connectivity index (χ0v) is 11.3. The van der Waals surface area contributed by atoms with Crippen molar-refractivity contribution in [1.82, 2.24) is 0 Å². The van der Waals surface area contributed by atoms with Crippen molar-refractivity contribution >= 4 is 12.4 Å². The number of hydrogen-bond donors (Lipinski definition) is 1. The van der Waals surface area contributed by atoms with E-state index in [4.69, 9.17) is 15.2 Å². The minimum atomic E-state index is 0. The first-order valence-electron chi connectivity index (χ1n) is 5.72. The highest BCUT2D eigenvalue weighted by Crippen LogP contribution is 2.35. The fourth-order valence-electron chi connectivity index (χ4n) is 2.18. The lowest BCUT2D eigenvalue weighted by molar-refractivity contribution is 0.254. The molecule has 3 nitrogen and oxygen atoms in total. The first-order valence-corrected chi connectivity index (χ1v) is 5.72. The van der Waals surface area contributed by atoms with Gasteiger partial charge < -0.3 is 15.2 Å². The lowest BCUT2D eigenvalue weighted by Gasteiger charge is -2.12. The minimum absolute atomic E-state index is 0. The summed E-state index contributed by atoms with van der Waals surface area (Å²) in [5.41, 5.74) is 8.19. The summed E-state index contributed by atoms with van der Waals surface area (Å²) in [5, 5.41) is 0. The van der Waals surface area contributed by atoms with Gasteiger partial charge in [0.05, 0.1) is 7.11 Å². The van der Waals surface area contributed by atoms with E-state index in [1.165, 1.54) is 5.56 Å². The number of hydrogen-bond acceptors (Lipinski definition) is 3. The van der Waals surface area contributed by atoms with Crippen LogP contribution in [0.4, 0.5) is 0 Å². The molecule has 1 aliphatic heterocycles. The zero-order chi connectivity index (χ0) is 11.7. The number of halogens is 1. The van der Waals surface area contributed by atoms with Gasteiger partial charge in [0.15, 0.2) is 0 Å². The summed E-state index contributed by atoms with van der Waals surface area (Å²) in [6.07, 6.45) is 2.04. The second kappa shape index (κ2) is 5.61. The highest BCUT2D eigenvalue weighted by molar-refractivity contribution is 5.85. The van der Waals surface area contributed by atoms with Gasteiger partial charge in [0.1, 0.15) is 17.6 Å². The van der Waals surface area contributed by atoms with Crippen molar-refractivity contribution in [3.8, 4) is 11.5 Å². The largest absolute Gasteiger partial charge is 0.496 e. The van der Waals surface area contributed by atoms with E-state index >= 15 is 0 Å². The Balaban J connectivity index is 0.00000144. The van der Waals surface area contributed by atoms with Gasteiger partial charge in [-0.05, 0) is 38.0 Å². The van der Waals surface area contributed by atoms with Gasteiger partial charge in [-0.1, -0.05) is 0 Å². The maximum absolute atomic E-state index is 5.82. The Morgan fingerprint density at radius 3 is 2.82 bits per heavy atom. The van der Waals surface area contributed by atoms with Crippen molar-refractivity contribution in [2.24, 2.45) is 5.73 Å². The van der Waals surface area contributed by atoms with E-state index in [1.807, 2.05) is 6.92 Å². The van der Waals surface area contributed by atoms with Crippen LogP contribution in [0.25, 0.3) is 0 Å². The highest BCUT2D eigenvalue weighted by Gasteiger charge is 2.21. The van der Waals surface area contributed by atoms with Crippen molar-refractivity contribution in [2.45, 2.75) is 38.8 Å². The Kier molecular flexibility index (Phi) is 4.66. The van der Waals surface area contributed by atoms with E-state index in [0.29, 0.717) is 0 Å².